The summed E-state index contributed by atoms with van der Waals surface area (Å²) < 4.78 is 41.2. The fourth-order valence-electron chi connectivity index (χ4n) is 2.60. The summed E-state index contributed by atoms with van der Waals surface area (Å²) in [5.41, 5.74) is -0.770. The van der Waals surface area contributed by atoms with Crippen molar-refractivity contribution in [3.63, 3.8) is 0 Å². The van der Waals surface area contributed by atoms with E-state index in [-0.39, 0.29) is 22.4 Å². The van der Waals surface area contributed by atoms with Crippen molar-refractivity contribution in [3.8, 4) is 11.6 Å². The number of aromatic hydroxyl groups is 1. The highest BCUT2D eigenvalue weighted by Crippen LogP contribution is 2.31. The molecule has 136 valence electrons. The number of hydrogen-bond acceptors (Lipinski definition) is 5. The summed E-state index contributed by atoms with van der Waals surface area (Å²) in [4.78, 5) is 23.7. The van der Waals surface area contributed by atoms with Crippen LogP contribution in [-0.4, -0.2) is 31.1 Å². The molecule has 0 fully saturated rings. The SMILES string of the molecule is Cc1ccnc(C(C)C(F)F)c1-n1c(=O)nc(O)c2cc(F)c(Cl)nc21. The van der Waals surface area contributed by atoms with Crippen LogP contribution in [0, 0.1) is 12.7 Å². The van der Waals surface area contributed by atoms with Crippen LogP contribution in [0.15, 0.2) is 23.1 Å². The first-order valence-corrected chi connectivity index (χ1v) is 7.82. The summed E-state index contributed by atoms with van der Waals surface area (Å²) in [7, 11) is 0. The lowest BCUT2D eigenvalue weighted by atomic mass is 10.0. The minimum Gasteiger partial charge on any atom is -0.493 e. The Morgan fingerprint density at radius 1 is 1.31 bits per heavy atom. The van der Waals surface area contributed by atoms with Gasteiger partial charge >= 0.3 is 5.69 Å². The Labute approximate surface area is 149 Å². The summed E-state index contributed by atoms with van der Waals surface area (Å²) in [6.45, 7) is 2.85. The van der Waals surface area contributed by atoms with Gasteiger partial charge in [-0.05, 0) is 24.6 Å². The first-order chi connectivity index (χ1) is 12.2. The molecule has 0 aliphatic heterocycles. The van der Waals surface area contributed by atoms with Crippen LogP contribution >= 0.6 is 11.6 Å². The molecular formula is C16H12ClF3N4O2. The highest BCUT2D eigenvalue weighted by Gasteiger charge is 2.26. The monoisotopic (exact) mass is 384 g/mol. The molecule has 26 heavy (non-hydrogen) atoms. The number of hydrogen-bond donors (Lipinski definition) is 1. The molecule has 3 aromatic rings. The van der Waals surface area contributed by atoms with E-state index in [0.717, 1.165) is 10.6 Å². The van der Waals surface area contributed by atoms with Crippen molar-refractivity contribution >= 4 is 22.6 Å². The maximum atomic E-state index is 13.7. The van der Waals surface area contributed by atoms with Gasteiger partial charge in [-0.3, -0.25) is 4.98 Å². The first-order valence-electron chi connectivity index (χ1n) is 7.44. The zero-order valence-corrected chi connectivity index (χ0v) is 14.3. The second kappa shape index (κ2) is 6.56. The van der Waals surface area contributed by atoms with E-state index in [1.165, 1.54) is 19.2 Å². The Kier molecular flexibility index (Phi) is 4.57. The van der Waals surface area contributed by atoms with Gasteiger partial charge in [0.25, 0.3) is 0 Å². The molecule has 3 rings (SSSR count). The molecule has 1 N–H and O–H groups in total. The number of aryl methyl sites for hydroxylation is 1. The van der Waals surface area contributed by atoms with Crippen LogP contribution in [0.25, 0.3) is 16.7 Å². The fraction of sp³-hybridized carbons (Fsp3) is 0.250. The van der Waals surface area contributed by atoms with Crippen LogP contribution in [0.1, 0.15) is 24.1 Å². The molecule has 0 spiro atoms. The van der Waals surface area contributed by atoms with E-state index < -0.39 is 34.9 Å². The zero-order valence-electron chi connectivity index (χ0n) is 13.5. The first kappa shape index (κ1) is 18.1. The van der Waals surface area contributed by atoms with Crippen LogP contribution in [0.4, 0.5) is 13.2 Å². The smallest absolute Gasteiger partial charge is 0.357 e. The topological polar surface area (TPSA) is 80.9 Å². The molecule has 3 heterocycles. The zero-order chi connectivity index (χ0) is 19.2. The summed E-state index contributed by atoms with van der Waals surface area (Å²) in [6, 6.07) is 2.39. The molecule has 1 atom stereocenters. The third-order valence-corrected chi connectivity index (χ3v) is 4.21. The molecule has 0 radical (unpaired) electrons. The molecule has 0 aliphatic rings. The number of halogens is 4. The molecule has 6 nitrogen and oxygen atoms in total. The quantitative estimate of drug-likeness (QED) is 0.700. The third-order valence-electron chi connectivity index (χ3n) is 3.95. The standard InChI is InChI=1S/C16H12ClF3N4O2/c1-6-3-4-21-10(7(2)13(19)20)11(6)24-14-8(15(25)23-16(24)26)5-9(18)12(17)22-14/h3-5,7,13H,1-2H3,(H,23,25,26). The summed E-state index contributed by atoms with van der Waals surface area (Å²) in [6.07, 6.45) is -1.39. The van der Waals surface area contributed by atoms with Gasteiger partial charge < -0.3 is 5.11 Å². The maximum absolute atomic E-state index is 13.7. The van der Waals surface area contributed by atoms with Crippen molar-refractivity contribution in [3.05, 3.63) is 51.0 Å². The molecule has 3 aromatic heterocycles. The van der Waals surface area contributed by atoms with Crippen LogP contribution < -0.4 is 5.69 Å². The molecule has 1 unspecified atom stereocenters. The van der Waals surface area contributed by atoms with E-state index in [1.54, 1.807) is 6.92 Å². The minimum atomic E-state index is -2.73. The largest absolute Gasteiger partial charge is 0.493 e. The van der Waals surface area contributed by atoms with Crippen molar-refractivity contribution in [2.75, 3.05) is 0 Å². The van der Waals surface area contributed by atoms with Gasteiger partial charge in [-0.2, -0.15) is 4.98 Å². The van der Waals surface area contributed by atoms with Crippen LogP contribution in [0.2, 0.25) is 5.15 Å². The van der Waals surface area contributed by atoms with Gasteiger partial charge in [0, 0.05) is 6.20 Å². The minimum absolute atomic E-state index is 0.0398. The van der Waals surface area contributed by atoms with Gasteiger partial charge in [0.2, 0.25) is 12.3 Å². The number of rotatable bonds is 3. The Morgan fingerprint density at radius 3 is 2.65 bits per heavy atom. The molecule has 0 saturated heterocycles. The Bertz CT molecular complexity index is 1070. The van der Waals surface area contributed by atoms with Crippen molar-refractivity contribution in [1.29, 1.82) is 0 Å². The number of fused-ring (bicyclic) bond motifs is 1. The lowest BCUT2D eigenvalue weighted by Gasteiger charge is -2.19. The van der Waals surface area contributed by atoms with Crippen molar-refractivity contribution in [2.24, 2.45) is 0 Å². The van der Waals surface area contributed by atoms with Gasteiger partial charge in [-0.25, -0.2) is 27.5 Å². The van der Waals surface area contributed by atoms with Crippen LogP contribution in [0.5, 0.6) is 5.88 Å². The Balaban J connectivity index is 2.48. The molecular weight excluding hydrogens is 373 g/mol. The predicted octanol–water partition coefficient (Wildman–Crippen LogP) is 3.35. The van der Waals surface area contributed by atoms with E-state index in [4.69, 9.17) is 11.6 Å². The molecule has 0 aliphatic carbocycles. The average Bonchev–Trinajstić information content (AvgIpc) is 2.57. The normalized spacial score (nSPS) is 12.7. The molecule has 0 amide bonds. The number of aromatic nitrogens is 4. The summed E-state index contributed by atoms with van der Waals surface area (Å²) in [5, 5.41) is 9.13. The van der Waals surface area contributed by atoms with Gasteiger partial charge in [-0.15, -0.1) is 0 Å². The number of alkyl halides is 2. The second-order valence-electron chi connectivity index (χ2n) is 5.67. The Hall–Kier alpha value is -2.68. The van der Waals surface area contributed by atoms with Gasteiger partial charge in [0.05, 0.1) is 22.7 Å². The van der Waals surface area contributed by atoms with Gasteiger partial charge in [0.15, 0.2) is 16.6 Å². The van der Waals surface area contributed by atoms with E-state index in [2.05, 4.69) is 15.0 Å². The van der Waals surface area contributed by atoms with Gasteiger partial charge in [-0.1, -0.05) is 18.5 Å². The van der Waals surface area contributed by atoms with Gasteiger partial charge in [0.1, 0.15) is 0 Å². The number of nitrogens with zero attached hydrogens (tertiary/aromatic N) is 4. The highest BCUT2D eigenvalue weighted by atomic mass is 35.5. The van der Waals surface area contributed by atoms with E-state index >= 15 is 0 Å². The van der Waals surface area contributed by atoms with Crippen LogP contribution in [-0.2, 0) is 0 Å². The highest BCUT2D eigenvalue weighted by molar-refractivity contribution is 6.29. The van der Waals surface area contributed by atoms with Crippen LogP contribution in [0.3, 0.4) is 0 Å². The van der Waals surface area contributed by atoms with Crippen molar-refractivity contribution < 1.29 is 18.3 Å². The summed E-state index contributed by atoms with van der Waals surface area (Å²) >= 11 is 5.71. The molecule has 0 saturated carbocycles. The van der Waals surface area contributed by atoms with E-state index in [1.807, 2.05) is 0 Å². The number of pyridine rings is 2. The van der Waals surface area contributed by atoms with Crippen molar-refractivity contribution in [1.82, 2.24) is 19.5 Å². The lowest BCUT2D eigenvalue weighted by molar-refractivity contribution is 0.119. The van der Waals surface area contributed by atoms with Crippen molar-refractivity contribution in [2.45, 2.75) is 26.2 Å². The average molecular weight is 385 g/mol. The summed E-state index contributed by atoms with van der Waals surface area (Å²) in [5.74, 6) is -2.96. The lowest BCUT2D eigenvalue weighted by Crippen LogP contribution is -2.26. The molecule has 0 bridgehead atoms. The second-order valence-corrected chi connectivity index (χ2v) is 6.03. The maximum Gasteiger partial charge on any atom is 0.357 e. The molecule has 10 heteroatoms. The third kappa shape index (κ3) is 2.88. The Morgan fingerprint density at radius 2 is 2.00 bits per heavy atom. The predicted molar refractivity (Wildman–Crippen MR) is 88.7 cm³/mol. The van der Waals surface area contributed by atoms with E-state index in [0.29, 0.717) is 5.56 Å². The molecule has 0 aromatic carbocycles. The fourth-order valence-corrected chi connectivity index (χ4v) is 2.73. The van der Waals surface area contributed by atoms with E-state index in [9.17, 15) is 23.1 Å².